The number of rotatable bonds is 5. The van der Waals surface area contributed by atoms with Crippen LogP contribution in [0.1, 0.15) is 30.6 Å². The molecular weight excluding hydrogens is 342 g/mol. The Balaban J connectivity index is 1.39. The smallest absolute Gasteiger partial charge is 0.275 e. The maximum atomic E-state index is 12.4. The van der Waals surface area contributed by atoms with E-state index in [0.717, 1.165) is 17.5 Å². The zero-order chi connectivity index (χ0) is 18.6. The number of aryl methyl sites for hydroxylation is 1. The molecule has 136 valence electrons. The van der Waals surface area contributed by atoms with Crippen molar-refractivity contribution >= 4 is 17.5 Å². The first-order chi connectivity index (χ1) is 13.2. The van der Waals surface area contributed by atoms with E-state index in [1.807, 2.05) is 42.5 Å². The molecule has 27 heavy (non-hydrogen) atoms. The lowest BCUT2D eigenvalue weighted by molar-refractivity contribution is -0.110. The monoisotopic (exact) mass is 361 g/mol. The Hall–Kier alpha value is -3.41. The van der Waals surface area contributed by atoms with Crippen molar-refractivity contribution in [3.05, 3.63) is 71.8 Å². The molecule has 2 aromatic carbocycles. The van der Waals surface area contributed by atoms with Crippen LogP contribution in [0.25, 0.3) is 11.3 Å². The highest BCUT2D eigenvalue weighted by atomic mass is 16.6. The van der Waals surface area contributed by atoms with Gasteiger partial charge < -0.3 is 9.36 Å². The van der Waals surface area contributed by atoms with E-state index >= 15 is 0 Å². The van der Waals surface area contributed by atoms with Crippen LogP contribution in [0.4, 0.5) is 5.88 Å². The van der Waals surface area contributed by atoms with Crippen LogP contribution in [-0.4, -0.2) is 16.8 Å². The predicted octanol–water partition coefficient (Wildman–Crippen LogP) is 4.36. The van der Waals surface area contributed by atoms with Crippen LogP contribution in [0.3, 0.4) is 0 Å². The van der Waals surface area contributed by atoms with Gasteiger partial charge in [-0.2, -0.15) is 0 Å². The topological polar surface area (TPSA) is 76.7 Å². The summed E-state index contributed by atoms with van der Waals surface area (Å²) in [6.45, 7) is 2.11. The number of nitrogens with one attached hydrogen (secondary N) is 1. The largest absolute Gasteiger partial charge is 0.387 e. The zero-order valence-corrected chi connectivity index (χ0v) is 14.9. The van der Waals surface area contributed by atoms with E-state index in [1.165, 1.54) is 5.56 Å². The Morgan fingerprint density at radius 3 is 2.67 bits per heavy atom. The van der Waals surface area contributed by atoms with Crippen LogP contribution >= 0.6 is 0 Å². The molecule has 0 aliphatic carbocycles. The molecule has 1 aliphatic heterocycles. The molecular formula is C21H19N3O3. The highest BCUT2D eigenvalue weighted by Crippen LogP contribution is 2.28. The van der Waals surface area contributed by atoms with Crippen LogP contribution in [0.2, 0.25) is 0 Å². The Bertz CT molecular complexity index is 962. The van der Waals surface area contributed by atoms with Gasteiger partial charge in [0.15, 0.2) is 6.10 Å². The number of amides is 1. The van der Waals surface area contributed by atoms with Crippen LogP contribution in [0, 0.1) is 0 Å². The number of nitrogens with zero attached hydrogens (tertiary/aromatic N) is 2. The standard InChI is InChI=1S/C21H19N3O3/c1-2-14-8-10-15(11-9-14)17-13-20(27-23-17)22-21(25)18-12-19(26-24-18)16-6-4-3-5-7-16/h3-11,13,19H,2,12H2,1H3,(H,22,25). The number of hydrogen-bond donors (Lipinski definition) is 1. The normalized spacial score (nSPS) is 15.9. The van der Waals surface area contributed by atoms with Gasteiger partial charge in [-0.25, -0.2) is 0 Å². The first-order valence-electron chi connectivity index (χ1n) is 8.88. The minimum Gasteiger partial charge on any atom is -0.387 e. The second kappa shape index (κ2) is 7.45. The Morgan fingerprint density at radius 2 is 1.93 bits per heavy atom. The molecule has 1 N–H and O–H groups in total. The maximum absolute atomic E-state index is 12.4. The first-order valence-corrected chi connectivity index (χ1v) is 8.88. The van der Waals surface area contributed by atoms with E-state index in [9.17, 15) is 4.79 Å². The maximum Gasteiger partial charge on any atom is 0.275 e. The van der Waals surface area contributed by atoms with E-state index in [0.29, 0.717) is 17.8 Å². The number of carbonyl (C=O) groups is 1. The third kappa shape index (κ3) is 3.74. The van der Waals surface area contributed by atoms with Crippen molar-refractivity contribution in [1.82, 2.24) is 5.16 Å². The fourth-order valence-corrected chi connectivity index (χ4v) is 2.92. The van der Waals surface area contributed by atoms with Crippen molar-refractivity contribution in [1.29, 1.82) is 0 Å². The van der Waals surface area contributed by atoms with Crippen molar-refractivity contribution in [3.63, 3.8) is 0 Å². The number of hydrogen-bond acceptors (Lipinski definition) is 5. The van der Waals surface area contributed by atoms with E-state index in [-0.39, 0.29) is 17.9 Å². The molecule has 3 aromatic rings. The second-order valence-corrected chi connectivity index (χ2v) is 6.33. The molecule has 1 atom stereocenters. The van der Waals surface area contributed by atoms with Crippen LogP contribution < -0.4 is 5.32 Å². The fourth-order valence-electron chi connectivity index (χ4n) is 2.92. The van der Waals surface area contributed by atoms with Crippen LogP contribution in [0.15, 0.2) is 70.3 Å². The molecule has 0 saturated carbocycles. The van der Waals surface area contributed by atoms with Crippen LogP contribution in [-0.2, 0) is 16.1 Å². The second-order valence-electron chi connectivity index (χ2n) is 6.33. The van der Waals surface area contributed by atoms with Gasteiger partial charge in [0.25, 0.3) is 5.91 Å². The van der Waals surface area contributed by atoms with Crippen LogP contribution in [0.5, 0.6) is 0 Å². The van der Waals surface area contributed by atoms with Crippen molar-refractivity contribution in [2.75, 3.05) is 5.32 Å². The Labute approximate surface area is 156 Å². The summed E-state index contributed by atoms with van der Waals surface area (Å²) < 4.78 is 5.24. The summed E-state index contributed by atoms with van der Waals surface area (Å²) in [5.41, 5.74) is 4.17. The average Bonchev–Trinajstić information content (AvgIpc) is 3.39. The van der Waals surface area contributed by atoms with Gasteiger partial charge in [-0.3, -0.25) is 10.1 Å². The number of anilines is 1. The number of carbonyl (C=O) groups excluding carboxylic acids is 1. The lowest BCUT2D eigenvalue weighted by Gasteiger charge is -2.07. The number of aromatic nitrogens is 1. The molecule has 0 fully saturated rings. The van der Waals surface area contributed by atoms with E-state index in [2.05, 4.69) is 34.7 Å². The molecule has 0 spiro atoms. The van der Waals surface area contributed by atoms with Crippen molar-refractivity contribution in [2.24, 2.45) is 5.16 Å². The molecule has 6 heteroatoms. The molecule has 1 aromatic heterocycles. The third-order valence-electron chi connectivity index (χ3n) is 4.51. The van der Waals surface area contributed by atoms with Gasteiger partial charge in [-0.1, -0.05) is 71.8 Å². The van der Waals surface area contributed by atoms with Crippen molar-refractivity contribution < 1.29 is 14.2 Å². The molecule has 2 heterocycles. The summed E-state index contributed by atoms with van der Waals surface area (Å²) in [5, 5.41) is 10.6. The van der Waals surface area contributed by atoms with Crippen molar-refractivity contribution in [2.45, 2.75) is 25.9 Å². The summed E-state index contributed by atoms with van der Waals surface area (Å²) in [7, 11) is 0. The molecule has 0 radical (unpaired) electrons. The van der Waals surface area contributed by atoms with Crippen molar-refractivity contribution in [3.8, 4) is 11.3 Å². The summed E-state index contributed by atoms with van der Waals surface area (Å²) >= 11 is 0. The molecule has 1 aliphatic rings. The van der Waals surface area contributed by atoms with Gasteiger partial charge in [-0.15, -0.1) is 0 Å². The summed E-state index contributed by atoms with van der Waals surface area (Å²) in [5.74, 6) is -0.0714. The lowest BCUT2D eigenvalue weighted by Crippen LogP contribution is -2.21. The minimum atomic E-state index is -0.350. The summed E-state index contributed by atoms with van der Waals surface area (Å²) in [4.78, 5) is 17.8. The minimum absolute atomic E-state index is 0.241. The predicted molar refractivity (Wildman–Crippen MR) is 102 cm³/mol. The number of oxime groups is 1. The van der Waals surface area contributed by atoms with E-state index in [1.54, 1.807) is 6.07 Å². The average molecular weight is 361 g/mol. The number of benzene rings is 2. The van der Waals surface area contributed by atoms with E-state index < -0.39 is 0 Å². The zero-order valence-electron chi connectivity index (χ0n) is 14.9. The van der Waals surface area contributed by atoms with Gasteiger partial charge in [0.1, 0.15) is 11.4 Å². The summed E-state index contributed by atoms with van der Waals surface area (Å²) in [6, 6.07) is 19.5. The van der Waals surface area contributed by atoms with Gasteiger partial charge in [0.2, 0.25) is 5.88 Å². The molecule has 4 rings (SSSR count). The van der Waals surface area contributed by atoms with Gasteiger partial charge in [0, 0.05) is 18.1 Å². The fraction of sp³-hybridized carbons (Fsp3) is 0.190. The molecule has 1 unspecified atom stereocenters. The third-order valence-corrected chi connectivity index (χ3v) is 4.51. The van der Waals surface area contributed by atoms with Gasteiger partial charge in [-0.05, 0) is 17.5 Å². The lowest BCUT2D eigenvalue weighted by atomic mass is 10.0. The van der Waals surface area contributed by atoms with Gasteiger partial charge >= 0.3 is 0 Å². The highest BCUT2D eigenvalue weighted by molar-refractivity contribution is 6.43. The summed E-state index contributed by atoms with van der Waals surface area (Å²) in [6.07, 6.45) is 1.15. The molecule has 0 bridgehead atoms. The Kier molecular flexibility index (Phi) is 4.70. The van der Waals surface area contributed by atoms with E-state index in [4.69, 9.17) is 9.36 Å². The highest BCUT2D eigenvalue weighted by Gasteiger charge is 2.27. The van der Waals surface area contributed by atoms with Gasteiger partial charge in [0.05, 0.1) is 0 Å². The SMILES string of the molecule is CCc1ccc(-c2cc(NC(=O)C3=NOC(c4ccccc4)C3)on2)cc1. The first kappa shape index (κ1) is 17.0. The molecule has 6 nitrogen and oxygen atoms in total. The molecule has 0 saturated heterocycles. The molecule has 1 amide bonds. The quantitative estimate of drug-likeness (QED) is 0.732. The Morgan fingerprint density at radius 1 is 1.15 bits per heavy atom.